The number of aromatic nitrogens is 2. The summed E-state index contributed by atoms with van der Waals surface area (Å²) in [7, 11) is 0. The maximum atomic E-state index is 5.72. The number of benzene rings is 1. The molecule has 0 atom stereocenters. The van der Waals surface area contributed by atoms with E-state index in [1.54, 1.807) is 0 Å². The molecule has 3 heteroatoms. The summed E-state index contributed by atoms with van der Waals surface area (Å²) < 4.78 is 1.88. The fourth-order valence-corrected chi connectivity index (χ4v) is 1.69. The molecular formula is C12H13ClN2. The van der Waals surface area contributed by atoms with E-state index >= 15 is 0 Å². The second kappa shape index (κ2) is 4.07. The molecule has 0 fully saturated rings. The van der Waals surface area contributed by atoms with Crippen molar-refractivity contribution in [2.45, 2.75) is 19.7 Å². The number of rotatable bonds is 2. The summed E-state index contributed by atoms with van der Waals surface area (Å²) in [6.45, 7) is 4.21. The Hall–Kier alpha value is -1.28. The molecule has 0 bridgehead atoms. The van der Waals surface area contributed by atoms with Gasteiger partial charge in [-0.2, -0.15) is 5.10 Å². The van der Waals surface area contributed by atoms with Gasteiger partial charge >= 0.3 is 0 Å². The van der Waals surface area contributed by atoms with Gasteiger partial charge in [0.15, 0.2) is 0 Å². The molecule has 2 aromatic rings. The van der Waals surface area contributed by atoms with Gasteiger partial charge in [-0.1, -0.05) is 12.1 Å². The third kappa shape index (κ3) is 1.90. The van der Waals surface area contributed by atoms with Gasteiger partial charge in [0.25, 0.3) is 0 Å². The van der Waals surface area contributed by atoms with Crippen LogP contribution < -0.4 is 0 Å². The summed E-state index contributed by atoms with van der Waals surface area (Å²) in [6.07, 6.45) is 1.94. The second-order valence-corrected chi connectivity index (χ2v) is 3.87. The van der Waals surface area contributed by atoms with E-state index < -0.39 is 0 Å². The van der Waals surface area contributed by atoms with E-state index in [9.17, 15) is 0 Å². The monoisotopic (exact) mass is 220 g/mol. The first-order valence-corrected chi connectivity index (χ1v) is 5.43. The lowest BCUT2D eigenvalue weighted by Crippen LogP contribution is -1.99. The highest BCUT2D eigenvalue weighted by Crippen LogP contribution is 2.17. The fraction of sp³-hybridized carbons (Fsp3) is 0.250. The van der Waals surface area contributed by atoms with Crippen LogP contribution in [0.15, 0.2) is 30.5 Å². The third-order valence-electron chi connectivity index (χ3n) is 2.60. The van der Waals surface area contributed by atoms with E-state index in [4.69, 9.17) is 11.6 Å². The Kier molecular flexibility index (Phi) is 2.78. The molecule has 0 radical (unpaired) electrons. The van der Waals surface area contributed by atoms with Gasteiger partial charge in [0.05, 0.1) is 17.3 Å². The smallest absolute Gasteiger partial charge is 0.0776 e. The number of hydrogen-bond acceptors (Lipinski definition) is 1. The molecule has 0 aliphatic carbocycles. The molecule has 0 aliphatic heterocycles. The zero-order chi connectivity index (χ0) is 10.8. The lowest BCUT2D eigenvalue weighted by atomic mass is 10.1. The standard InChI is InChI=1S/C12H13ClN2/c1-9-4-3-5-12(10(9)2)15-7-6-11(8-13)14-15/h3-7H,8H2,1-2H3. The number of hydrogen-bond donors (Lipinski definition) is 0. The molecule has 15 heavy (non-hydrogen) atoms. The minimum absolute atomic E-state index is 0.456. The first-order valence-electron chi connectivity index (χ1n) is 4.89. The zero-order valence-electron chi connectivity index (χ0n) is 8.87. The van der Waals surface area contributed by atoms with E-state index in [2.05, 4.69) is 31.1 Å². The summed E-state index contributed by atoms with van der Waals surface area (Å²) in [5.41, 5.74) is 4.54. The van der Waals surface area contributed by atoms with Crippen molar-refractivity contribution < 1.29 is 0 Å². The van der Waals surface area contributed by atoms with Gasteiger partial charge in [-0.25, -0.2) is 4.68 Å². The highest BCUT2D eigenvalue weighted by Gasteiger charge is 2.04. The van der Waals surface area contributed by atoms with E-state index in [0.29, 0.717) is 5.88 Å². The Bertz CT molecular complexity index is 474. The maximum Gasteiger partial charge on any atom is 0.0776 e. The molecule has 0 unspecified atom stereocenters. The normalized spacial score (nSPS) is 10.6. The highest BCUT2D eigenvalue weighted by molar-refractivity contribution is 6.16. The number of alkyl halides is 1. The predicted octanol–water partition coefficient (Wildman–Crippen LogP) is 3.23. The first-order chi connectivity index (χ1) is 7.22. The second-order valence-electron chi connectivity index (χ2n) is 3.60. The van der Waals surface area contributed by atoms with Gasteiger partial charge in [0, 0.05) is 6.20 Å². The van der Waals surface area contributed by atoms with Crippen LogP contribution in [0.5, 0.6) is 0 Å². The molecule has 1 aromatic heterocycles. The van der Waals surface area contributed by atoms with Crippen molar-refractivity contribution in [1.82, 2.24) is 9.78 Å². The lowest BCUT2D eigenvalue weighted by molar-refractivity contribution is 0.850. The Balaban J connectivity index is 2.49. The van der Waals surface area contributed by atoms with Crippen LogP contribution in [0.3, 0.4) is 0 Å². The van der Waals surface area contributed by atoms with Crippen LogP contribution in [-0.2, 0) is 5.88 Å². The number of nitrogens with zero attached hydrogens (tertiary/aromatic N) is 2. The van der Waals surface area contributed by atoms with Crippen molar-refractivity contribution in [3.05, 3.63) is 47.3 Å². The molecule has 0 saturated carbocycles. The van der Waals surface area contributed by atoms with Gasteiger partial charge in [-0.3, -0.25) is 0 Å². The van der Waals surface area contributed by atoms with Crippen LogP contribution >= 0.6 is 11.6 Å². The van der Waals surface area contributed by atoms with E-state index in [1.165, 1.54) is 11.1 Å². The molecule has 1 heterocycles. The van der Waals surface area contributed by atoms with Crippen LogP contribution in [0.25, 0.3) is 5.69 Å². The molecule has 78 valence electrons. The minimum atomic E-state index is 0.456. The molecule has 0 saturated heterocycles. The van der Waals surface area contributed by atoms with Crippen molar-refractivity contribution >= 4 is 11.6 Å². The van der Waals surface area contributed by atoms with Gasteiger partial charge in [0.2, 0.25) is 0 Å². The maximum absolute atomic E-state index is 5.72. The molecule has 0 spiro atoms. The lowest BCUT2D eigenvalue weighted by Gasteiger charge is -2.07. The summed E-state index contributed by atoms with van der Waals surface area (Å²) in [5.74, 6) is 0.456. The van der Waals surface area contributed by atoms with Crippen LogP contribution in [0.4, 0.5) is 0 Å². The largest absolute Gasteiger partial charge is 0.240 e. The molecule has 0 aliphatic rings. The van der Waals surface area contributed by atoms with Crippen LogP contribution in [-0.4, -0.2) is 9.78 Å². The van der Waals surface area contributed by atoms with Gasteiger partial charge < -0.3 is 0 Å². The van der Waals surface area contributed by atoms with E-state index in [-0.39, 0.29) is 0 Å². The number of aryl methyl sites for hydroxylation is 1. The molecule has 0 N–H and O–H groups in total. The molecular weight excluding hydrogens is 208 g/mol. The van der Waals surface area contributed by atoms with Crippen molar-refractivity contribution in [3.8, 4) is 5.69 Å². The topological polar surface area (TPSA) is 17.8 Å². The van der Waals surface area contributed by atoms with Gasteiger partial charge in [0.1, 0.15) is 0 Å². The van der Waals surface area contributed by atoms with Gasteiger partial charge in [-0.05, 0) is 37.1 Å². The molecule has 1 aromatic carbocycles. The van der Waals surface area contributed by atoms with Crippen molar-refractivity contribution in [2.24, 2.45) is 0 Å². The average molecular weight is 221 g/mol. The van der Waals surface area contributed by atoms with Crippen LogP contribution in [0, 0.1) is 13.8 Å². The summed E-state index contributed by atoms with van der Waals surface area (Å²) in [4.78, 5) is 0. The first kappa shape index (κ1) is 10.2. The summed E-state index contributed by atoms with van der Waals surface area (Å²) >= 11 is 5.72. The highest BCUT2D eigenvalue weighted by atomic mass is 35.5. The van der Waals surface area contributed by atoms with E-state index in [1.807, 2.05) is 23.0 Å². The minimum Gasteiger partial charge on any atom is -0.240 e. The number of halogens is 1. The Morgan fingerprint density at radius 3 is 2.73 bits per heavy atom. The Morgan fingerprint density at radius 1 is 1.27 bits per heavy atom. The van der Waals surface area contributed by atoms with E-state index in [0.717, 1.165) is 11.4 Å². The average Bonchev–Trinajstić information content (AvgIpc) is 2.70. The summed E-state index contributed by atoms with van der Waals surface area (Å²) in [6, 6.07) is 8.15. The van der Waals surface area contributed by atoms with Crippen LogP contribution in [0.2, 0.25) is 0 Å². The Labute approximate surface area is 94.5 Å². The molecule has 0 amide bonds. The fourth-order valence-electron chi connectivity index (χ4n) is 1.55. The predicted molar refractivity (Wildman–Crippen MR) is 62.6 cm³/mol. The van der Waals surface area contributed by atoms with Crippen LogP contribution in [0.1, 0.15) is 16.8 Å². The van der Waals surface area contributed by atoms with Gasteiger partial charge in [-0.15, -0.1) is 11.6 Å². The van der Waals surface area contributed by atoms with Crippen molar-refractivity contribution in [1.29, 1.82) is 0 Å². The quantitative estimate of drug-likeness (QED) is 0.711. The van der Waals surface area contributed by atoms with Crippen molar-refractivity contribution in [2.75, 3.05) is 0 Å². The summed E-state index contributed by atoms with van der Waals surface area (Å²) in [5, 5.41) is 4.39. The van der Waals surface area contributed by atoms with Crippen molar-refractivity contribution in [3.63, 3.8) is 0 Å². The molecule has 2 nitrogen and oxygen atoms in total. The third-order valence-corrected chi connectivity index (χ3v) is 2.88. The zero-order valence-corrected chi connectivity index (χ0v) is 9.62. The SMILES string of the molecule is Cc1cccc(-n2ccc(CCl)n2)c1C. The Morgan fingerprint density at radius 2 is 2.07 bits per heavy atom. The molecule has 2 rings (SSSR count).